The Hall–Kier alpha value is -0.390. The molecule has 0 nitrogen and oxygen atoms in total. The van der Waals surface area contributed by atoms with Gasteiger partial charge in [0.15, 0.2) is 0 Å². The maximum absolute atomic E-state index is 6.28. The molecule has 3 aliphatic rings. The Labute approximate surface area is 88.7 Å². The molecule has 0 saturated heterocycles. The van der Waals surface area contributed by atoms with Crippen LogP contribution in [0.1, 0.15) is 44.9 Å². The van der Waals surface area contributed by atoms with Crippen LogP contribution in [0.15, 0.2) is 22.3 Å². The lowest BCUT2D eigenvalue weighted by Gasteiger charge is -2.30. The molecule has 0 atom stereocenters. The van der Waals surface area contributed by atoms with Crippen LogP contribution in [-0.4, -0.2) is 15.7 Å². The zero-order valence-corrected chi connectivity index (χ0v) is 8.60. The molecule has 0 aromatic heterocycles. The van der Waals surface area contributed by atoms with Crippen molar-refractivity contribution in [1.29, 1.82) is 0 Å². The van der Waals surface area contributed by atoms with Crippen LogP contribution in [-0.2, 0) is 0 Å². The summed E-state index contributed by atoms with van der Waals surface area (Å²) in [7, 11) is 12.6. The van der Waals surface area contributed by atoms with Crippen molar-refractivity contribution in [2.75, 3.05) is 0 Å². The fourth-order valence-electron chi connectivity index (χ4n) is 3.41. The van der Waals surface area contributed by atoms with Gasteiger partial charge in [-0.05, 0) is 56.1 Å². The predicted octanol–water partition coefficient (Wildman–Crippen LogP) is 2.80. The fraction of sp³-hybridized carbons (Fsp3) is 0.667. The second-order valence-electron chi connectivity index (χ2n) is 4.84. The molecule has 0 aromatic carbocycles. The van der Waals surface area contributed by atoms with Gasteiger partial charge in [0.25, 0.3) is 0 Å². The summed E-state index contributed by atoms with van der Waals surface area (Å²) in [4.78, 5) is 0. The Balaban J connectivity index is 2.12. The minimum Gasteiger partial charge on any atom is -0.0737 e. The van der Waals surface area contributed by atoms with E-state index in [9.17, 15) is 0 Å². The molecule has 3 rings (SSSR count). The van der Waals surface area contributed by atoms with Crippen LogP contribution < -0.4 is 0 Å². The van der Waals surface area contributed by atoms with Gasteiger partial charge >= 0.3 is 0 Å². The van der Waals surface area contributed by atoms with Gasteiger partial charge in [0.2, 0.25) is 0 Å². The summed E-state index contributed by atoms with van der Waals surface area (Å²) in [5.41, 5.74) is 5.83. The lowest BCUT2D eigenvalue weighted by atomic mass is 9.47. The summed E-state index contributed by atoms with van der Waals surface area (Å²) in [5.74, 6) is 0. The molecular weight excluding hydrogens is 166 g/mol. The summed E-state index contributed by atoms with van der Waals surface area (Å²) in [6, 6.07) is 0. The molecule has 0 N–H and O–H groups in total. The lowest BCUT2D eigenvalue weighted by molar-refractivity contribution is 0.656. The van der Waals surface area contributed by atoms with Gasteiger partial charge < -0.3 is 0 Å². The maximum atomic E-state index is 6.28. The van der Waals surface area contributed by atoms with Crippen molar-refractivity contribution < 1.29 is 0 Å². The molecule has 2 heteroatoms. The highest BCUT2D eigenvalue weighted by atomic mass is 14.4. The first-order chi connectivity index (χ1) is 6.71. The summed E-state index contributed by atoms with van der Waals surface area (Å²) in [6.07, 6.45) is 8.58. The summed E-state index contributed by atoms with van der Waals surface area (Å²) >= 11 is 0. The lowest BCUT2D eigenvalue weighted by Crippen LogP contribution is -2.17. The molecule has 0 unspecified atom stereocenters. The van der Waals surface area contributed by atoms with Gasteiger partial charge in [-0.15, -0.1) is 0 Å². The first-order valence-electron chi connectivity index (χ1n) is 5.74. The number of hydrogen-bond donors (Lipinski definition) is 0. The van der Waals surface area contributed by atoms with Crippen molar-refractivity contribution in [2.24, 2.45) is 0 Å². The first kappa shape index (κ1) is 8.88. The zero-order chi connectivity index (χ0) is 9.76. The maximum Gasteiger partial charge on any atom is 0.0736 e. The highest BCUT2D eigenvalue weighted by Crippen LogP contribution is 2.58. The summed E-state index contributed by atoms with van der Waals surface area (Å²) in [5, 5.41) is -0.554. The molecule has 0 spiro atoms. The van der Waals surface area contributed by atoms with Gasteiger partial charge in [0, 0.05) is 0 Å². The van der Waals surface area contributed by atoms with Gasteiger partial charge in [-0.3, -0.25) is 0 Å². The Morgan fingerprint density at radius 1 is 0.714 bits per heavy atom. The van der Waals surface area contributed by atoms with E-state index in [2.05, 4.69) is 0 Å². The summed E-state index contributed by atoms with van der Waals surface area (Å²) in [6.45, 7) is 0. The molecular formula is C12H14B2. The Morgan fingerprint density at radius 3 is 1.93 bits per heavy atom. The Kier molecular flexibility index (Phi) is 1.78. The van der Waals surface area contributed by atoms with Gasteiger partial charge in [0.05, 0.1) is 15.7 Å². The molecule has 0 saturated carbocycles. The van der Waals surface area contributed by atoms with Crippen molar-refractivity contribution in [3.05, 3.63) is 22.3 Å². The van der Waals surface area contributed by atoms with Crippen molar-refractivity contribution >= 4 is 15.7 Å². The van der Waals surface area contributed by atoms with Crippen LogP contribution in [0.3, 0.4) is 0 Å². The molecule has 68 valence electrons. The van der Waals surface area contributed by atoms with Crippen molar-refractivity contribution in [1.82, 2.24) is 0 Å². The molecule has 0 aromatic rings. The highest BCUT2D eigenvalue weighted by Gasteiger charge is 2.40. The van der Waals surface area contributed by atoms with Crippen LogP contribution in [0, 0.1) is 0 Å². The monoisotopic (exact) mass is 180 g/mol. The van der Waals surface area contributed by atoms with E-state index < -0.39 is 5.21 Å². The van der Waals surface area contributed by atoms with E-state index in [1.807, 2.05) is 0 Å². The number of fused-ring (bicyclic) bond motifs is 1. The van der Waals surface area contributed by atoms with E-state index >= 15 is 0 Å². The van der Waals surface area contributed by atoms with E-state index in [4.69, 9.17) is 15.7 Å². The van der Waals surface area contributed by atoms with Crippen LogP contribution in [0.5, 0.6) is 0 Å². The van der Waals surface area contributed by atoms with Crippen molar-refractivity contribution in [3.63, 3.8) is 0 Å². The van der Waals surface area contributed by atoms with Crippen LogP contribution in [0.4, 0.5) is 0 Å². The second-order valence-corrected chi connectivity index (χ2v) is 4.84. The van der Waals surface area contributed by atoms with E-state index in [0.29, 0.717) is 0 Å². The third kappa shape index (κ3) is 0.975. The van der Waals surface area contributed by atoms with Crippen molar-refractivity contribution in [2.45, 2.75) is 50.2 Å². The minimum absolute atomic E-state index is 0.554. The molecule has 3 aliphatic carbocycles. The number of rotatable bonds is 0. The molecule has 14 heavy (non-hydrogen) atoms. The third-order valence-electron chi connectivity index (χ3n) is 4.05. The van der Waals surface area contributed by atoms with Gasteiger partial charge in [-0.2, -0.15) is 0 Å². The Morgan fingerprint density at radius 2 is 1.21 bits per heavy atom. The molecule has 0 fully saturated rings. The smallest absolute Gasteiger partial charge is 0.0736 e. The molecule has 0 amide bonds. The average molecular weight is 180 g/mol. The zero-order valence-electron chi connectivity index (χ0n) is 8.60. The molecule has 0 heterocycles. The largest absolute Gasteiger partial charge is 0.0737 e. The van der Waals surface area contributed by atoms with E-state index in [-0.39, 0.29) is 0 Å². The van der Waals surface area contributed by atoms with E-state index in [1.54, 1.807) is 11.1 Å². The number of hydrogen-bond acceptors (Lipinski definition) is 0. The second kappa shape index (κ2) is 2.81. The van der Waals surface area contributed by atoms with E-state index in [1.165, 1.54) is 43.3 Å². The van der Waals surface area contributed by atoms with Gasteiger partial charge in [-0.25, -0.2) is 0 Å². The minimum atomic E-state index is -0.554. The van der Waals surface area contributed by atoms with Crippen LogP contribution in [0.25, 0.3) is 0 Å². The number of allylic oxidation sites excluding steroid dienone is 4. The quantitative estimate of drug-likeness (QED) is 0.502. The summed E-state index contributed by atoms with van der Waals surface area (Å²) < 4.78 is 0. The normalized spacial score (nSPS) is 29.4. The molecule has 0 aliphatic heterocycles. The SMILES string of the molecule is [B]C1([B])C2=C(CCCC2)C2=C1CCC2. The van der Waals surface area contributed by atoms with Gasteiger partial charge in [-0.1, -0.05) is 16.4 Å². The third-order valence-corrected chi connectivity index (χ3v) is 4.05. The standard InChI is InChI=1S/C12H14B2/c13-12(14)10-6-2-1-4-8(10)9-5-3-7-11(9)12/h1-7H2. The van der Waals surface area contributed by atoms with Gasteiger partial charge in [0.1, 0.15) is 0 Å². The highest BCUT2D eigenvalue weighted by molar-refractivity contribution is 6.45. The average Bonchev–Trinajstić information content (AvgIpc) is 2.72. The van der Waals surface area contributed by atoms with Crippen LogP contribution in [0.2, 0.25) is 5.21 Å². The van der Waals surface area contributed by atoms with E-state index in [0.717, 1.165) is 12.8 Å². The van der Waals surface area contributed by atoms with Crippen molar-refractivity contribution in [3.8, 4) is 0 Å². The topological polar surface area (TPSA) is 0 Å². The Bertz CT molecular complexity index is 347. The fourth-order valence-corrected chi connectivity index (χ4v) is 3.41. The first-order valence-corrected chi connectivity index (χ1v) is 5.74. The molecule has 4 radical (unpaired) electrons. The van der Waals surface area contributed by atoms with Crippen LogP contribution >= 0.6 is 0 Å². The predicted molar refractivity (Wildman–Crippen MR) is 60.6 cm³/mol. The molecule has 0 bridgehead atoms.